The van der Waals surface area contributed by atoms with Crippen LogP contribution in [0.25, 0.3) is 5.69 Å². The molecule has 0 radical (unpaired) electrons. The smallest absolute Gasteiger partial charge is 0.170 e. The molecule has 1 aliphatic heterocycles. The van der Waals surface area contributed by atoms with Gasteiger partial charge < -0.3 is 14.8 Å². The molecule has 0 saturated carbocycles. The quantitative estimate of drug-likeness (QED) is 0.338. The Morgan fingerprint density at radius 3 is 2.55 bits per heavy atom. The lowest BCUT2D eigenvalue weighted by Gasteiger charge is -2.28. The molecule has 7 heteroatoms. The Hall–Kier alpha value is -3.03. The highest BCUT2D eigenvalue weighted by Gasteiger charge is 2.41. The van der Waals surface area contributed by atoms with Crippen LogP contribution in [0.5, 0.6) is 0 Å². The van der Waals surface area contributed by atoms with Crippen LogP contribution in [-0.2, 0) is 6.54 Å². The standard InChI is InChI=1S/C26H24BrN5S/c1-17-14-22(18(2)32(17)21-7-5-6-20(27)15-21)25-24(23-8-3-4-11-29-23)30-26(33)31(25)16-19-9-12-28-13-10-19/h3-15,24-25H,16H2,1-2H3,(H,30,33)/t24-,25+/m0/s1. The number of aromatic nitrogens is 3. The number of aryl methyl sites for hydroxylation is 1. The third-order valence-electron chi connectivity index (χ3n) is 6.16. The van der Waals surface area contributed by atoms with Crippen molar-refractivity contribution in [1.82, 2.24) is 24.8 Å². The molecular weight excluding hydrogens is 494 g/mol. The van der Waals surface area contributed by atoms with Crippen molar-refractivity contribution in [1.29, 1.82) is 0 Å². The van der Waals surface area contributed by atoms with Crippen LogP contribution in [0.3, 0.4) is 0 Å². The molecule has 0 unspecified atom stereocenters. The monoisotopic (exact) mass is 517 g/mol. The molecule has 33 heavy (non-hydrogen) atoms. The van der Waals surface area contributed by atoms with Crippen molar-refractivity contribution in [3.63, 3.8) is 0 Å². The molecule has 1 fully saturated rings. The van der Waals surface area contributed by atoms with Crippen LogP contribution in [0.2, 0.25) is 0 Å². The lowest BCUT2D eigenvalue weighted by atomic mass is 9.96. The van der Waals surface area contributed by atoms with E-state index < -0.39 is 0 Å². The number of thiocarbonyl (C=S) groups is 1. The first kappa shape index (κ1) is 21.8. The topological polar surface area (TPSA) is 46.0 Å². The first-order valence-electron chi connectivity index (χ1n) is 10.8. The molecule has 1 aliphatic rings. The molecule has 5 nitrogen and oxygen atoms in total. The van der Waals surface area contributed by atoms with E-state index in [2.05, 4.69) is 84.9 Å². The van der Waals surface area contributed by atoms with Crippen molar-refractivity contribution in [3.8, 4) is 5.69 Å². The van der Waals surface area contributed by atoms with E-state index in [1.54, 1.807) is 0 Å². The molecule has 0 amide bonds. The van der Waals surface area contributed by atoms with E-state index in [1.165, 1.54) is 22.5 Å². The maximum absolute atomic E-state index is 5.85. The van der Waals surface area contributed by atoms with Crippen LogP contribution in [0, 0.1) is 13.8 Å². The number of pyridine rings is 2. The van der Waals surface area contributed by atoms with Crippen LogP contribution in [0.15, 0.2) is 83.7 Å². The van der Waals surface area contributed by atoms with Gasteiger partial charge in [0, 0.05) is 46.7 Å². The first-order chi connectivity index (χ1) is 16.0. The second kappa shape index (κ2) is 9.08. The Morgan fingerprint density at radius 1 is 1.00 bits per heavy atom. The summed E-state index contributed by atoms with van der Waals surface area (Å²) >= 11 is 9.46. The summed E-state index contributed by atoms with van der Waals surface area (Å²) in [7, 11) is 0. The third-order valence-corrected chi connectivity index (χ3v) is 7.00. The Kier molecular flexibility index (Phi) is 6.00. The molecule has 5 rings (SSSR count). The molecule has 166 valence electrons. The van der Waals surface area contributed by atoms with Gasteiger partial charge >= 0.3 is 0 Å². The van der Waals surface area contributed by atoms with Gasteiger partial charge in [-0.25, -0.2) is 0 Å². The maximum Gasteiger partial charge on any atom is 0.170 e. The maximum atomic E-state index is 5.85. The fourth-order valence-electron chi connectivity index (χ4n) is 4.70. The number of rotatable bonds is 5. The number of hydrogen-bond acceptors (Lipinski definition) is 3. The first-order valence-corrected chi connectivity index (χ1v) is 12.0. The van der Waals surface area contributed by atoms with E-state index in [0.717, 1.165) is 21.0 Å². The number of hydrogen-bond donors (Lipinski definition) is 1. The van der Waals surface area contributed by atoms with Crippen molar-refractivity contribution in [2.75, 3.05) is 0 Å². The number of nitrogens with zero attached hydrogens (tertiary/aromatic N) is 4. The van der Waals surface area contributed by atoms with Crippen molar-refractivity contribution >= 4 is 33.3 Å². The van der Waals surface area contributed by atoms with Crippen LogP contribution in [-0.4, -0.2) is 24.5 Å². The number of nitrogens with one attached hydrogen (secondary N) is 1. The fourth-order valence-corrected chi connectivity index (χ4v) is 5.39. The van der Waals surface area contributed by atoms with Crippen LogP contribution >= 0.6 is 28.1 Å². The average molecular weight is 518 g/mol. The minimum absolute atomic E-state index is 0.00710. The third kappa shape index (κ3) is 4.18. The second-order valence-electron chi connectivity index (χ2n) is 8.25. The zero-order valence-corrected chi connectivity index (χ0v) is 20.8. The minimum Gasteiger partial charge on any atom is -0.352 e. The summed E-state index contributed by atoms with van der Waals surface area (Å²) in [6, 6.07) is 20.8. The van der Waals surface area contributed by atoms with Gasteiger partial charge in [-0.3, -0.25) is 9.97 Å². The van der Waals surface area contributed by atoms with E-state index in [9.17, 15) is 0 Å². The summed E-state index contributed by atoms with van der Waals surface area (Å²) in [6.45, 7) is 5.04. The van der Waals surface area contributed by atoms with Crippen LogP contribution < -0.4 is 5.32 Å². The Labute approximate surface area is 207 Å². The van der Waals surface area contributed by atoms with E-state index in [4.69, 9.17) is 12.2 Å². The van der Waals surface area contributed by atoms with Crippen molar-refractivity contribution in [2.24, 2.45) is 0 Å². The second-order valence-corrected chi connectivity index (χ2v) is 9.55. The summed E-state index contributed by atoms with van der Waals surface area (Å²) in [5.41, 5.74) is 6.90. The lowest BCUT2D eigenvalue weighted by molar-refractivity contribution is 0.310. The van der Waals surface area contributed by atoms with Gasteiger partial charge in [0.1, 0.15) is 0 Å². The zero-order chi connectivity index (χ0) is 22.9. The van der Waals surface area contributed by atoms with Crippen molar-refractivity contribution in [2.45, 2.75) is 32.5 Å². The largest absolute Gasteiger partial charge is 0.352 e. The lowest BCUT2D eigenvalue weighted by Crippen LogP contribution is -2.29. The van der Waals surface area contributed by atoms with Gasteiger partial charge in [-0.1, -0.05) is 28.1 Å². The average Bonchev–Trinajstić information content (AvgIpc) is 3.30. The van der Waals surface area contributed by atoms with Crippen LogP contribution in [0.4, 0.5) is 0 Å². The van der Waals surface area contributed by atoms with Crippen molar-refractivity contribution in [3.05, 3.63) is 112 Å². The molecule has 1 saturated heterocycles. The Morgan fingerprint density at radius 2 is 1.82 bits per heavy atom. The molecule has 0 bridgehead atoms. The predicted octanol–water partition coefficient (Wildman–Crippen LogP) is 5.82. The molecular formula is C26H24BrN5S. The van der Waals surface area contributed by atoms with E-state index in [-0.39, 0.29) is 12.1 Å². The predicted molar refractivity (Wildman–Crippen MR) is 138 cm³/mol. The van der Waals surface area contributed by atoms with E-state index in [0.29, 0.717) is 6.54 Å². The minimum atomic E-state index is -0.0444. The van der Waals surface area contributed by atoms with Gasteiger partial charge in [-0.2, -0.15) is 0 Å². The molecule has 1 N–H and O–H groups in total. The highest BCUT2D eigenvalue weighted by atomic mass is 79.9. The summed E-state index contributed by atoms with van der Waals surface area (Å²) < 4.78 is 3.37. The zero-order valence-electron chi connectivity index (χ0n) is 18.4. The molecule has 4 aromatic rings. The highest BCUT2D eigenvalue weighted by Crippen LogP contribution is 2.42. The molecule has 0 spiro atoms. The molecule has 3 aromatic heterocycles. The van der Waals surface area contributed by atoms with Gasteiger partial charge in [0.05, 0.1) is 17.8 Å². The van der Waals surface area contributed by atoms with Gasteiger partial charge in [0.25, 0.3) is 0 Å². The van der Waals surface area contributed by atoms with Gasteiger partial charge in [-0.05, 0) is 85.7 Å². The fraction of sp³-hybridized carbons (Fsp3) is 0.192. The molecule has 2 atom stereocenters. The Bertz CT molecular complexity index is 1290. The number of halogens is 1. The molecule has 0 aliphatic carbocycles. The van der Waals surface area contributed by atoms with Gasteiger partial charge in [0.2, 0.25) is 0 Å². The highest BCUT2D eigenvalue weighted by molar-refractivity contribution is 9.10. The molecule has 4 heterocycles. The van der Waals surface area contributed by atoms with E-state index in [1.807, 2.05) is 48.9 Å². The molecule has 1 aromatic carbocycles. The SMILES string of the molecule is Cc1cc([C@@H]2[C@H](c3ccccn3)NC(=S)N2Cc2ccncc2)c(C)n1-c1cccc(Br)c1. The van der Waals surface area contributed by atoms with Crippen LogP contribution in [0.1, 0.15) is 40.3 Å². The van der Waals surface area contributed by atoms with Gasteiger partial charge in [-0.15, -0.1) is 0 Å². The summed E-state index contributed by atoms with van der Waals surface area (Å²) in [4.78, 5) is 11.1. The number of benzene rings is 1. The summed E-state index contributed by atoms with van der Waals surface area (Å²) in [6.07, 6.45) is 5.49. The summed E-state index contributed by atoms with van der Waals surface area (Å²) in [5.74, 6) is 0. The van der Waals surface area contributed by atoms with Gasteiger partial charge in [0.15, 0.2) is 5.11 Å². The van der Waals surface area contributed by atoms with Crippen molar-refractivity contribution < 1.29 is 0 Å². The summed E-state index contributed by atoms with van der Waals surface area (Å²) in [5, 5.41) is 4.29. The van der Waals surface area contributed by atoms with E-state index >= 15 is 0 Å². The normalized spacial score (nSPS) is 17.9. The Balaban J connectivity index is 1.62.